The number of fused-ring (bicyclic) bond motifs is 6. The molecule has 0 aliphatic carbocycles. The van der Waals surface area contributed by atoms with E-state index in [1.807, 2.05) is 48.9 Å². The molecule has 0 aliphatic heterocycles. The molecule has 5 nitrogen and oxygen atoms in total. The Bertz CT molecular complexity index is 3180. The monoisotopic (exact) mass is 715 g/mol. The van der Waals surface area contributed by atoms with Crippen molar-refractivity contribution < 1.29 is 0 Å². The third kappa shape index (κ3) is 5.21. The van der Waals surface area contributed by atoms with Gasteiger partial charge in [0.25, 0.3) is 0 Å². The van der Waals surface area contributed by atoms with Crippen LogP contribution < -0.4 is 0 Å². The normalized spacial score (nSPS) is 11.6. The Labute approximate surface area is 323 Å². The van der Waals surface area contributed by atoms with E-state index in [0.29, 0.717) is 0 Å². The minimum absolute atomic E-state index is 0.925. The zero-order chi connectivity index (χ0) is 37.0. The Balaban J connectivity index is 1.13. The van der Waals surface area contributed by atoms with E-state index in [1.54, 1.807) is 0 Å². The van der Waals surface area contributed by atoms with Gasteiger partial charge in [0.2, 0.25) is 0 Å². The van der Waals surface area contributed by atoms with Gasteiger partial charge < -0.3 is 4.57 Å². The Morgan fingerprint density at radius 2 is 0.964 bits per heavy atom. The Morgan fingerprint density at radius 3 is 1.75 bits per heavy atom. The van der Waals surface area contributed by atoms with Crippen LogP contribution in [0.4, 0.5) is 0 Å². The lowest BCUT2D eigenvalue weighted by molar-refractivity contribution is 1.14. The molecule has 56 heavy (non-hydrogen) atoms. The van der Waals surface area contributed by atoms with Gasteiger partial charge >= 0.3 is 0 Å². The third-order valence-electron chi connectivity index (χ3n) is 10.8. The summed E-state index contributed by atoms with van der Waals surface area (Å²) in [6.07, 6.45) is 5.57. The van der Waals surface area contributed by atoms with Crippen LogP contribution in [-0.2, 0) is 0 Å². The van der Waals surface area contributed by atoms with Crippen molar-refractivity contribution in [1.29, 1.82) is 0 Å². The van der Waals surface area contributed by atoms with Gasteiger partial charge in [-0.2, -0.15) is 0 Å². The number of aromatic nitrogens is 5. The molecule has 0 bridgehead atoms. The minimum atomic E-state index is 0.925. The van der Waals surface area contributed by atoms with E-state index >= 15 is 0 Å². The zero-order valence-corrected chi connectivity index (χ0v) is 30.3. The van der Waals surface area contributed by atoms with E-state index in [9.17, 15) is 0 Å². The van der Waals surface area contributed by atoms with Gasteiger partial charge in [0.05, 0.1) is 27.9 Å². The van der Waals surface area contributed by atoms with Crippen LogP contribution in [0.1, 0.15) is 0 Å². The number of hydrogen-bond donors (Lipinski definition) is 0. The summed E-state index contributed by atoms with van der Waals surface area (Å²) in [7, 11) is 0. The van der Waals surface area contributed by atoms with E-state index < -0.39 is 0 Å². The molecular formula is C51H33N5. The van der Waals surface area contributed by atoms with E-state index in [0.717, 1.165) is 72.6 Å². The number of rotatable bonds is 6. The molecular weight excluding hydrogens is 683 g/mol. The zero-order valence-electron chi connectivity index (χ0n) is 30.3. The second-order valence-corrected chi connectivity index (χ2v) is 14.1. The quantitative estimate of drug-likeness (QED) is 0.172. The average molecular weight is 716 g/mol. The summed E-state index contributed by atoms with van der Waals surface area (Å²) >= 11 is 0. The molecule has 5 heterocycles. The molecule has 0 spiro atoms. The maximum absolute atomic E-state index is 4.86. The van der Waals surface area contributed by atoms with Gasteiger partial charge in [-0.05, 0) is 108 Å². The highest BCUT2D eigenvalue weighted by Crippen LogP contribution is 2.41. The van der Waals surface area contributed by atoms with E-state index in [-0.39, 0.29) is 0 Å². The van der Waals surface area contributed by atoms with Gasteiger partial charge in [-0.25, -0.2) is 4.98 Å². The summed E-state index contributed by atoms with van der Waals surface area (Å²) in [6, 6.07) is 64.6. The molecule has 0 atom stereocenters. The number of pyridine rings is 3. The summed E-state index contributed by atoms with van der Waals surface area (Å²) in [4.78, 5) is 14.3. The van der Waals surface area contributed by atoms with Crippen molar-refractivity contribution in [2.45, 2.75) is 0 Å². The molecule has 6 aromatic carbocycles. The van der Waals surface area contributed by atoms with Crippen molar-refractivity contribution in [3.05, 3.63) is 201 Å². The van der Waals surface area contributed by atoms with Gasteiger partial charge in [-0.1, -0.05) is 91.0 Å². The lowest BCUT2D eigenvalue weighted by Crippen LogP contribution is -1.97. The van der Waals surface area contributed by atoms with E-state index in [1.165, 1.54) is 27.2 Å². The maximum Gasteiger partial charge on any atom is 0.145 e. The predicted octanol–water partition coefficient (Wildman–Crippen LogP) is 12.7. The van der Waals surface area contributed by atoms with Gasteiger partial charge in [0.15, 0.2) is 0 Å². The summed E-state index contributed by atoms with van der Waals surface area (Å²) in [5, 5.41) is 4.75. The lowest BCUT2D eigenvalue weighted by Gasteiger charge is -2.15. The van der Waals surface area contributed by atoms with Crippen LogP contribution in [0.2, 0.25) is 0 Å². The molecule has 0 saturated carbocycles. The van der Waals surface area contributed by atoms with Crippen LogP contribution in [0.3, 0.4) is 0 Å². The molecule has 11 rings (SSSR count). The average Bonchev–Trinajstić information content (AvgIpc) is 3.80. The summed E-state index contributed by atoms with van der Waals surface area (Å²) in [5.74, 6) is 0. The molecule has 0 saturated heterocycles. The molecule has 0 fully saturated rings. The molecule has 0 radical (unpaired) electrons. The first-order valence-corrected chi connectivity index (χ1v) is 18.8. The fraction of sp³-hybridized carbons (Fsp3) is 0. The molecule has 5 aromatic heterocycles. The van der Waals surface area contributed by atoms with Crippen LogP contribution >= 0.6 is 0 Å². The highest BCUT2D eigenvalue weighted by molar-refractivity contribution is 6.15. The van der Waals surface area contributed by atoms with Crippen molar-refractivity contribution in [2.24, 2.45) is 0 Å². The van der Waals surface area contributed by atoms with Gasteiger partial charge in [0.1, 0.15) is 5.65 Å². The van der Waals surface area contributed by atoms with Crippen molar-refractivity contribution in [2.75, 3.05) is 0 Å². The van der Waals surface area contributed by atoms with Gasteiger partial charge in [0, 0.05) is 68.2 Å². The molecule has 0 N–H and O–H groups in total. The molecule has 0 unspecified atom stereocenters. The Kier molecular flexibility index (Phi) is 7.42. The topological polar surface area (TPSA) is 48.5 Å². The predicted molar refractivity (Wildman–Crippen MR) is 230 cm³/mol. The summed E-state index contributed by atoms with van der Waals surface area (Å²) in [6.45, 7) is 0. The maximum atomic E-state index is 4.86. The number of nitrogens with zero attached hydrogens (tertiary/aromatic N) is 5. The largest absolute Gasteiger partial charge is 0.309 e. The van der Waals surface area contributed by atoms with E-state index in [4.69, 9.17) is 15.0 Å². The number of benzene rings is 6. The van der Waals surface area contributed by atoms with Crippen molar-refractivity contribution in [3.63, 3.8) is 0 Å². The molecule has 11 aromatic rings. The lowest BCUT2D eigenvalue weighted by atomic mass is 9.96. The third-order valence-corrected chi connectivity index (χ3v) is 10.8. The first-order chi connectivity index (χ1) is 27.8. The van der Waals surface area contributed by atoms with Crippen LogP contribution in [-0.4, -0.2) is 24.1 Å². The first kappa shape index (κ1) is 31.9. The molecule has 0 amide bonds. The number of para-hydroxylation sites is 3. The van der Waals surface area contributed by atoms with Crippen LogP contribution in [0.25, 0.3) is 99.9 Å². The molecule has 0 aliphatic rings. The summed E-state index contributed by atoms with van der Waals surface area (Å²) in [5.41, 5.74) is 15.1. The first-order valence-electron chi connectivity index (χ1n) is 18.8. The van der Waals surface area contributed by atoms with Crippen LogP contribution in [0, 0.1) is 0 Å². The van der Waals surface area contributed by atoms with Crippen LogP contribution in [0.15, 0.2) is 201 Å². The second-order valence-electron chi connectivity index (χ2n) is 14.1. The number of hydrogen-bond acceptors (Lipinski definition) is 3. The Morgan fingerprint density at radius 1 is 0.321 bits per heavy atom. The fourth-order valence-electron chi connectivity index (χ4n) is 8.35. The van der Waals surface area contributed by atoms with Gasteiger partial charge in [-0.15, -0.1) is 0 Å². The van der Waals surface area contributed by atoms with Crippen molar-refractivity contribution >= 4 is 43.7 Å². The Hall–Kier alpha value is -7.63. The summed E-state index contributed by atoms with van der Waals surface area (Å²) < 4.78 is 4.72. The van der Waals surface area contributed by atoms with Crippen molar-refractivity contribution in [1.82, 2.24) is 24.1 Å². The smallest absolute Gasteiger partial charge is 0.145 e. The SMILES string of the molecule is c1ccc(-n2c3cc(-c4cccc5c6ccccc6n(-c6cccc(-c7cc(-c8ccccn8)cc(-c8ccccn8)c7)c6)c45)ccc3c3cccnc32)cc1. The molecule has 262 valence electrons. The highest BCUT2D eigenvalue weighted by Gasteiger charge is 2.19. The molecule has 5 heteroatoms. The van der Waals surface area contributed by atoms with Gasteiger partial charge in [-0.3, -0.25) is 14.5 Å². The fourth-order valence-corrected chi connectivity index (χ4v) is 8.35. The van der Waals surface area contributed by atoms with E-state index in [2.05, 4.69) is 161 Å². The second kappa shape index (κ2) is 13.0. The van der Waals surface area contributed by atoms with Crippen molar-refractivity contribution in [3.8, 4) is 56.1 Å². The standard InChI is InChI=1S/C51H33N5/c1-2-14-39(15-3-1)56-49-33-35(24-25-43(49)45-20-12-28-54-51(45)56)41-18-11-19-44-42-17-4-5-23-48(42)55(50(41)44)40-16-10-13-34(32-40)36-29-37(46-21-6-8-26-52-46)31-38(30-36)47-22-7-9-27-53-47/h1-33H. The highest BCUT2D eigenvalue weighted by atomic mass is 15.0. The van der Waals surface area contributed by atoms with Crippen LogP contribution in [0.5, 0.6) is 0 Å². The minimum Gasteiger partial charge on any atom is -0.309 e.